The second-order valence-corrected chi connectivity index (χ2v) is 7.86. The third-order valence-electron chi connectivity index (χ3n) is 4.70. The van der Waals surface area contributed by atoms with E-state index in [9.17, 15) is 8.42 Å². The number of nitrogens with zero attached hydrogens (tertiary/aromatic N) is 1. The Balaban J connectivity index is 2.63. The van der Waals surface area contributed by atoms with Gasteiger partial charge in [-0.15, -0.1) is 0 Å². The van der Waals surface area contributed by atoms with Gasteiger partial charge in [-0.1, -0.05) is 34.6 Å². The Morgan fingerprint density at radius 2 is 1.76 bits per heavy atom. The Morgan fingerprint density at radius 3 is 2.06 bits per heavy atom. The van der Waals surface area contributed by atoms with E-state index in [0.717, 1.165) is 0 Å². The third-order valence-corrected chi connectivity index (χ3v) is 6.45. The van der Waals surface area contributed by atoms with Crippen LogP contribution >= 0.6 is 0 Å². The van der Waals surface area contributed by atoms with E-state index in [1.165, 1.54) is 0 Å². The highest BCUT2D eigenvalue weighted by molar-refractivity contribution is 7.90. The Bertz CT molecular complexity index is 418. The molecule has 1 rings (SSSR count). The fourth-order valence-electron chi connectivity index (χ4n) is 2.52. The third kappa shape index (κ3) is 2.34. The molecule has 0 amide bonds. The van der Waals surface area contributed by atoms with Crippen LogP contribution in [-0.4, -0.2) is 20.2 Å². The summed E-state index contributed by atoms with van der Waals surface area (Å²) in [5.74, 6) is 0.334. The molecule has 17 heavy (non-hydrogen) atoms. The van der Waals surface area contributed by atoms with E-state index in [-0.39, 0.29) is 10.8 Å². The first-order chi connectivity index (χ1) is 7.61. The van der Waals surface area contributed by atoms with Crippen LogP contribution in [0.2, 0.25) is 0 Å². The molecule has 0 aromatic heterocycles. The predicted molar refractivity (Wildman–Crippen MR) is 67.7 cm³/mol. The van der Waals surface area contributed by atoms with Crippen LogP contribution in [0.4, 0.5) is 0 Å². The van der Waals surface area contributed by atoms with Crippen LogP contribution in [0.1, 0.15) is 41.0 Å². The van der Waals surface area contributed by atoms with Crippen molar-refractivity contribution < 1.29 is 8.42 Å². The Labute approximate surface area is 104 Å². The van der Waals surface area contributed by atoms with Gasteiger partial charge < -0.3 is 0 Å². The molecule has 0 aliphatic heterocycles. The number of nitrogens with one attached hydrogen (secondary N) is 1. The molecule has 0 heterocycles. The van der Waals surface area contributed by atoms with Gasteiger partial charge in [0.15, 0.2) is 5.25 Å². The van der Waals surface area contributed by atoms with Gasteiger partial charge in [0, 0.05) is 6.54 Å². The number of hydrogen-bond donors (Lipinski definition) is 1. The van der Waals surface area contributed by atoms with Gasteiger partial charge in [0.2, 0.25) is 10.0 Å². The summed E-state index contributed by atoms with van der Waals surface area (Å²) in [6.45, 7) is 10.7. The van der Waals surface area contributed by atoms with Gasteiger partial charge in [-0.05, 0) is 23.2 Å². The molecule has 1 atom stereocenters. The van der Waals surface area contributed by atoms with Crippen molar-refractivity contribution >= 4 is 10.0 Å². The molecule has 0 aromatic rings. The minimum atomic E-state index is -3.49. The monoisotopic (exact) mass is 258 g/mol. The Hall–Kier alpha value is -0.600. The second kappa shape index (κ2) is 4.25. The summed E-state index contributed by atoms with van der Waals surface area (Å²) in [5, 5.41) is 7.84. The largest absolute Gasteiger partial charge is 0.227 e. The molecule has 4 nitrogen and oxygen atoms in total. The van der Waals surface area contributed by atoms with Crippen LogP contribution < -0.4 is 4.72 Å². The number of sulfonamides is 1. The highest BCUT2D eigenvalue weighted by Gasteiger charge is 2.64. The molecule has 1 unspecified atom stereocenters. The second-order valence-electron chi connectivity index (χ2n) is 5.92. The van der Waals surface area contributed by atoms with Crippen molar-refractivity contribution in [2.45, 2.75) is 46.3 Å². The zero-order valence-electron chi connectivity index (χ0n) is 11.2. The van der Waals surface area contributed by atoms with Gasteiger partial charge in [-0.3, -0.25) is 0 Å². The molecule has 0 bridgehead atoms. The van der Waals surface area contributed by atoms with E-state index >= 15 is 0 Å². The van der Waals surface area contributed by atoms with Gasteiger partial charge >= 0.3 is 0 Å². The summed E-state index contributed by atoms with van der Waals surface area (Å²) in [5.41, 5.74) is 0.313. The van der Waals surface area contributed by atoms with Crippen molar-refractivity contribution in [3.05, 3.63) is 0 Å². The van der Waals surface area contributed by atoms with Crippen molar-refractivity contribution in [2.24, 2.45) is 16.7 Å². The molecule has 0 saturated heterocycles. The Morgan fingerprint density at radius 1 is 1.29 bits per heavy atom. The van der Waals surface area contributed by atoms with Crippen LogP contribution in [0.3, 0.4) is 0 Å². The average Bonchev–Trinajstić information content (AvgIpc) is 2.56. The first kappa shape index (κ1) is 14.5. The van der Waals surface area contributed by atoms with E-state index in [1.807, 2.05) is 6.07 Å². The summed E-state index contributed by atoms with van der Waals surface area (Å²) < 4.78 is 26.2. The fourth-order valence-corrected chi connectivity index (χ4v) is 3.70. The maximum Gasteiger partial charge on any atom is 0.227 e. The lowest BCUT2D eigenvalue weighted by molar-refractivity contribution is 0.457. The fraction of sp³-hybridized carbons (Fsp3) is 0.917. The van der Waals surface area contributed by atoms with Crippen LogP contribution in [0, 0.1) is 28.1 Å². The zero-order chi connectivity index (χ0) is 13.5. The molecule has 1 aliphatic rings. The topological polar surface area (TPSA) is 70.0 Å². The predicted octanol–water partition coefficient (Wildman–Crippen LogP) is 1.89. The molecule has 5 heteroatoms. The highest BCUT2D eigenvalue weighted by atomic mass is 32.2. The molecular formula is C12H22N2O2S. The van der Waals surface area contributed by atoms with Crippen LogP contribution in [0.5, 0.6) is 0 Å². The van der Waals surface area contributed by atoms with Crippen molar-refractivity contribution in [3.63, 3.8) is 0 Å². The average molecular weight is 258 g/mol. The standard InChI is InChI=1S/C12H22N2O2S/c1-6-9(7-13)17(15,16)14-8-10-11(2,3)12(10,4)5/h9-10,14H,6,8H2,1-5H3. The van der Waals surface area contributed by atoms with Crippen LogP contribution in [0.15, 0.2) is 0 Å². The van der Waals surface area contributed by atoms with Crippen molar-refractivity contribution in [3.8, 4) is 6.07 Å². The smallest absolute Gasteiger partial charge is 0.214 e. The summed E-state index contributed by atoms with van der Waals surface area (Å²) in [6, 6.07) is 1.83. The SMILES string of the molecule is CCC(C#N)S(=O)(=O)NCC1C(C)(C)C1(C)C. The van der Waals surface area contributed by atoms with E-state index in [1.54, 1.807) is 6.92 Å². The van der Waals surface area contributed by atoms with E-state index in [4.69, 9.17) is 5.26 Å². The molecule has 98 valence electrons. The summed E-state index contributed by atoms with van der Waals surface area (Å²) in [6.07, 6.45) is 0.323. The quantitative estimate of drug-likeness (QED) is 0.818. The van der Waals surface area contributed by atoms with Crippen molar-refractivity contribution in [2.75, 3.05) is 6.54 Å². The lowest BCUT2D eigenvalue weighted by Crippen LogP contribution is -2.35. The zero-order valence-corrected chi connectivity index (χ0v) is 12.1. The van der Waals surface area contributed by atoms with Gasteiger partial charge in [-0.2, -0.15) is 5.26 Å². The van der Waals surface area contributed by atoms with Crippen LogP contribution in [0.25, 0.3) is 0 Å². The summed E-state index contributed by atoms with van der Waals surface area (Å²) >= 11 is 0. The summed E-state index contributed by atoms with van der Waals surface area (Å²) in [7, 11) is -3.49. The molecule has 1 N–H and O–H groups in total. The Kier molecular flexibility index (Phi) is 3.62. The van der Waals surface area contributed by atoms with Gasteiger partial charge in [-0.25, -0.2) is 13.1 Å². The molecule has 1 aliphatic carbocycles. The number of hydrogen-bond acceptors (Lipinski definition) is 3. The number of rotatable bonds is 5. The molecule has 1 saturated carbocycles. The van der Waals surface area contributed by atoms with Gasteiger partial charge in [0.05, 0.1) is 6.07 Å². The van der Waals surface area contributed by atoms with E-state index < -0.39 is 15.3 Å². The lowest BCUT2D eigenvalue weighted by atomic mass is 10.0. The first-order valence-electron chi connectivity index (χ1n) is 5.99. The molecular weight excluding hydrogens is 236 g/mol. The van der Waals surface area contributed by atoms with Crippen LogP contribution in [-0.2, 0) is 10.0 Å². The highest BCUT2D eigenvalue weighted by Crippen LogP contribution is 2.67. The normalized spacial score (nSPS) is 24.0. The summed E-state index contributed by atoms with van der Waals surface area (Å²) in [4.78, 5) is 0. The van der Waals surface area contributed by atoms with Crippen molar-refractivity contribution in [1.82, 2.24) is 4.72 Å². The maximum atomic E-state index is 11.8. The van der Waals surface area contributed by atoms with E-state index in [0.29, 0.717) is 18.9 Å². The van der Waals surface area contributed by atoms with Gasteiger partial charge in [0.1, 0.15) is 0 Å². The molecule has 0 aromatic carbocycles. The molecule has 1 fully saturated rings. The van der Waals surface area contributed by atoms with E-state index in [2.05, 4.69) is 32.4 Å². The molecule has 0 spiro atoms. The van der Waals surface area contributed by atoms with Gasteiger partial charge in [0.25, 0.3) is 0 Å². The number of nitriles is 1. The minimum absolute atomic E-state index is 0.157. The van der Waals surface area contributed by atoms with Crippen molar-refractivity contribution in [1.29, 1.82) is 5.26 Å². The minimum Gasteiger partial charge on any atom is -0.214 e. The first-order valence-corrected chi connectivity index (χ1v) is 7.54. The molecule has 0 radical (unpaired) electrons. The maximum absolute atomic E-state index is 11.8. The lowest BCUT2D eigenvalue weighted by Gasteiger charge is -2.10.